The minimum Gasteiger partial charge on any atom is -0.352 e. The van der Waals surface area contributed by atoms with Gasteiger partial charge >= 0.3 is 0 Å². The van der Waals surface area contributed by atoms with Gasteiger partial charge in [0.15, 0.2) is 5.65 Å². The normalized spacial score (nSPS) is 14.9. The lowest BCUT2D eigenvalue weighted by atomic mass is 10.2. The van der Waals surface area contributed by atoms with Gasteiger partial charge in [0.25, 0.3) is 5.91 Å². The largest absolute Gasteiger partial charge is 0.352 e. The first-order chi connectivity index (χ1) is 12.5. The second-order valence-electron chi connectivity index (χ2n) is 6.10. The summed E-state index contributed by atoms with van der Waals surface area (Å²) in [6.45, 7) is 2.63. The van der Waals surface area contributed by atoms with E-state index < -0.39 is 0 Å². The summed E-state index contributed by atoms with van der Waals surface area (Å²) in [5.74, 6) is 0.840. The summed E-state index contributed by atoms with van der Waals surface area (Å²) in [6, 6.07) is 7.06. The topological polar surface area (TPSA) is 67.2 Å². The van der Waals surface area contributed by atoms with Crippen molar-refractivity contribution in [2.24, 2.45) is 7.05 Å². The first-order valence-corrected chi connectivity index (χ1v) is 9.34. The summed E-state index contributed by atoms with van der Waals surface area (Å²) in [5.41, 5.74) is 1.39. The molecule has 0 aliphatic carbocycles. The Morgan fingerprint density at radius 3 is 2.69 bits per heavy atom. The summed E-state index contributed by atoms with van der Waals surface area (Å²) in [4.78, 5) is 25.4. The molecule has 1 aliphatic rings. The van der Waals surface area contributed by atoms with E-state index in [4.69, 9.17) is 11.6 Å². The lowest BCUT2D eigenvalue weighted by Gasteiger charge is -2.35. The zero-order valence-electron chi connectivity index (χ0n) is 14.1. The Labute approximate surface area is 163 Å². The van der Waals surface area contributed by atoms with Crippen LogP contribution in [0.1, 0.15) is 10.4 Å². The number of amides is 1. The van der Waals surface area contributed by atoms with Crippen molar-refractivity contribution in [1.82, 2.24) is 24.6 Å². The highest BCUT2D eigenvalue weighted by molar-refractivity contribution is 9.10. The van der Waals surface area contributed by atoms with Crippen LogP contribution in [-0.2, 0) is 7.05 Å². The van der Waals surface area contributed by atoms with Crippen LogP contribution in [0.2, 0.25) is 5.02 Å². The number of fused-ring (bicyclic) bond motifs is 1. The first kappa shape index (κ1) is 17.2. The molecule has 3 heterocycles. The number of nitrogens with zero attached hydrogens (tertiary/aromatic N) is 6. The molecule has 0 saturated carbocycles. The molecule has 0 unspecified atom stereocenters. The average Bonchev–Trinajstić information content (AvgIpc) is 2.95. The van der Waals surface area contributed by atoms with E-state index in [1.165, 1.54) is 0 Å². The third-order valence-corrected chi connectivity index (χ3v) is 5.29. The van der Waals surface area contributed by atoms with Crippen LogP contribution in [0, 0.1) is 0 Å². The minimum absolute atomic E-state index is 0.00235. The minimum atomic E-state index is 0.00235. The quantitative estimate of drug-likeness (QED) is 0.619. The second-order valence-corrected chi connectivity index (χ2v) is 7.29. The fourth-order valence-electron chi connectivity index (χ4n) is 3.19. The molecule has 26 heavy (non-hydrogen) atoms. The van der Waals surface area contributed by atoms with Gasteiger partial charge in [-0.1, -0.05) is 17.7 Å². The SMILES string of the molecule is Cn1nc(Br)c2c(N3CCN(C(=O)c4cccc(Cl)c4)CC3)ncnc21. The van der Waals surface area contributed by atoms with Gasteiger partial charge in [0.1, 0.15) is 16.7 Å². The van der Waals surface area contributed by atoms with Gasteiger partial charge in [-0.05, 0) is 34.1 Å². The van der Waals surface area contributed by atoms with Crippen molar-refractivity contribution in [3.05, 3.63) is 45.8 Å². The highest BCUT2D eigenvalue weighted by Gasteiger charge is 2.25. The van der Waals surface area contributed by atoms with E-state index in [-0.39, 0.29) is 5.91 Å². The summed E-state index contributed by atoms with van der Waals surface area (Å²) >= 11 is 9.49. The smallest absolute Gasteiger partial charge is 0.254 e. The van der Waals surface area contributed by atoms with E-state index in [0.717, 1.165) is 21.5 Å². The van der Waals surface area contributed by atoms with Crippen LogP contribution < -0.4 is 4.90 Å². The molecule has 2 aromatic heterocycles. The maximum atomic E-state index is 12.7. The molecule has 1 saturated heterocycles. The zero-order chi connectivity index (χ0) is 18.3. The molecule has 134 valence electrons. The fraction of sp³-hybridized carbons (Fsp3) is 0.294. The Morgan fingerprint density at radius 1 is 1.19 bits per heavy atom. The Morgan fingerprint density at radius 2 is 1.96 bits per heavy atom. The molecule has 0 spiro atoms. The number of piperazine rings is 1. The van der Waals surface area contributed by atoms with Crippen LogP contribution in [0.4, 0.5) is 5.82 Å². The molecule has 0 radical (unpaired) electrons. The van der Waals surface area contributed by atoms with Gasteiger partial charge in [0.2, 0.25) is 0 Å². The predicted molar refractivity (Wildman–Crippen MR) is 104 cm³/mol. The summed E-state index contributed by atoms with van der Waals surface area (Å²) in [5, 5.41) is 5.83. The lowest BCUT2D eigenvalue weighted by Crippen LogP contribution is -2.49. The molecule has 9 heteroatoms. The molecular formula is C17H16BrClN6O. The maximum Gasteiger partial charge on any atom is 0.254 e. The van der Waals surface area contributed by atoms with Gasteiger partial charge in [-0.25, -0.2) is 14.6 Å². The maximum absolute atomic E-state index is 12.7. The van der Waals surface area contributed by atoms with Crippen molar-refractivity contribution in [3.63, 3.8) is 0 Å². The second kappa shape index (κ2) is 6.85. The number of aromatic nitrogens is 4. The molecular weight excluding hydrogens is 420 g/mol. The Balaban J connectivity index is 1.53. The summed E-state index contributed by atoms with van der Waals surface area (Å²) in [6.07, 6.45) is 1.55. The van der Waals surface area contributed by atoms with Crippen molar-refractivity contribution >= 4 is 50.3 Å². The number of aryl methyl sites for hydroxylation is 1. The Kier molecular flexibility index (Phi) is 4.54. The Hall–Kier alpha value is -2.19. The van der Waals surface area contributed by atoms with Gasteiger partial charge in [0, 0.05) is 43.8 Å². The van der Waals surface area contributed by atoms with Crippen molar-refractivity contribution in [2.75, 3.05) is 31.1 Å². The van der Waals surface area contributed by atoms with Crippen LogP contribution in [0.15, 0.2) is 35.2 Å². The molecule has 1 aromatic carbocycles. The van der Waals surface area contributed by atoms with Crippen LogP contribution >= 0.6 is 27.5 Å². The molecule has 1 fully saturated rings. The standard InChI is InChI=1S/C17H16BrClN6O/c1-23-15-13(14(18)22-23)16(21-10-20-15)24-5-7-25(8-6-24)17(26)11-3-2-4-12(19)9-11/h2-4,9-10H,5-8H2,1H3. The van der Waals surface area contributed by atoms with Gasteiger partial charge in [-0.3, -0.25) is 4.79 Å². The van der Waals surface area contributed by atoms with Gasteiger partial charge in [0.05, 0.1) is 5.39 Å². The van der Waals surface area contributed by atoms with Crippen LogP contribution in [0.25, 0.3) is 11.0 Å². The third-order valence-electron chi connectivity index (χ3n) is 4.50. The molecule has 0 atom stereocenters. The predicted octanol–water partition coefficient (Wildman–Crippen LogP) is 2.74. The van der Waals surface area contributed by atoms with E-state index in [1.807, 2.05) is 11.9 Å². The van der Waals surface area contributed by atoms with E-state index in [2.05, 4.69) is 35.9 Å². The monoisotopic (exact) mass is 434 g/mol. The van der Waals surface area contributed by atoms with E-state index in [9.17, 15) is 4.79 Å². The molecule has 3 aromatic rings. The van der Waals surface area contributed by atoms with Crippen molar-refractivity contribution < 1.29 is 4.79 Å². The average molecular weight is 436 g/mol. The van der Waals surface area contributed by atoms with Gasteiger partial charge < -0.3 is 9.80 Å². The van der Waals surface area contributed by atoms with Gasteiger partial charge in [-0.15, -0.1) is 0 Å². The molecule has 1 amide bonds. The molecule has 7 nitrogen and oxygen atoms in total. The van der Waals surface area contributed by atoms with Crippen molar-refractivity contribution in [1.29, 1.82) is 0 Å². The number of benzene rings is 1. The van der Waals surface area contributed by atoms with Crippen molar-refractivity contribution in [3.8, 4) is 0 Å². The number of rotatable bonds is 2. The van der Waals surface area contributed by atoms with E-state index in [1.54, 1.807) is 35.3 Å². The van der Waals surface area contributed by atoms with Crippen LogP contribution in [-0.4, -0.2) is 56.7 Å². The number of anilines is 1. The molecule has 4 rings (SSSR count). The summed E-state index contributed by atoms with van der Waals surface area (Å²) < 4.78 is 2.45. The highest BCUT2D eigenvalue weighted by Crippen LogP contribution is 2.30. The van der Waals surface area contributed by atoms with E-state index >= 15 is 0 Å². The number of hydrogen-bond acceptors (Lipinski definition) is 5. The zero-order valence-corrected chi connectivity index (χ0v) is 16.4. The number of halogens is 2. The summed E-state index contributed by atoms with van der Waals surface area (Å²) in [7, 11) is 1.85. The third kappa shape index (κ3) is 3.03. The highest BCUT2D eigenvalue weighted by atomic mass is 79.9. The number of carbonyl (C=O) groups excluding carboxylic acids is 1. The number of carbonyl (C=O) groups is 1. The lowest BCUT2D eigenvalue weighted by molar-refractivity contribution is 0.0746. The first-order valence-electron chi connectivity index (χ1n) is 8.17. The molecule has 0 N–H and O–H groups in total. The fourth-order valence-corrected chi connectivity index (χ4v) is 3.97. The van der Waals surface area contributed by atoms with Crippen molar-refractivity contribution in [2.45, 2.75) is 0 Å². The van der Waals surface area contributed by atoms with Crippen LogP contribution in [0.5, 0.6) is 0 Å². The molecule has 1 aliphatic heterocycles. The van der Waals surface area contributed by atoms with Crippen LogP contribution in [0.3, 0.4) is 0 Å². The van der Waals surface area contributed by atoms with Gasteiger partial charge in [-0.2, -0.15) is 5.10 Å². The number of hydrogen-bond donors (Lipinski definition) is 0. The van der Waals surface area contributed by atoms with E-state index in [0.29, 0.717) is 36.8 Å². The Bertz CT molecular complexity index is 983. The molecule has 0 bridgehead atoms.